The zero-order chi connectivity index (χ0) is 13.9. The molecule has 0 saturated heterocycles. The smallest absolute Gasteiger partial charge is 0.265 e. The van der Waals surface area contributed by atoms with Crippen LogP contribution in [0, 0.1) is 5.82 Å². The number of hydrogen-bond acceptors (Lipinski definition) is 5. The Kier molecular flexibility index (Phi) is 3.63. The van der Waals surface area contributed by atoms with Crippen LogP contribution in [0.1, 0.15) is 0 Å². The first kappa shape index (κ1) is 13.2. The van der Waals surface area contributed by atoms with Crippen molar-refractivity contribution in [1.82, 2.24) is 4.98 Å². The van der Waals surface area contributed by atoms with Crippen LogP contribution in [0.15, 0.2) is 47.5 Å². The van der Waals surface area contributed by atoms with Gasteiger partial charge in [0.25, 0.3) is 10.0 Å². The number of nitrogens with one attached hydrogen (secondary N) is 2. The lowest BCUT2D eigenvalue weighted by atomic mass is 10.3. The first-order chi connectivity index (χ1) is 9.03. The number of nitrogen functional groups attached to an aromatic ring is 1. The van der Waals surface area contributed by atoms with Gasteiger partial charge < -0.3 is 5.43 Å². The molecule has 0 aliphatic carbocycles. The van der Waals surface area contributed by atoms with E-state index >= 15 is 0 Å². The molecular formula is C11H11FN4O2S. The van der Waals surface area contributed by atoms with Crippen molar-refractivity contribution in [3.8, 4) is 0 Å². The molecule has 0 atom stereocenters. The van der Waals surface area contributed by atoms with Gasteiger partial charge in [-0.1, -0.05) is 0 Å². The molecule has 6 nitrogen and oxygen atoms in total. The van der Waals surface area contributed by atoms with E-state index < -0.39 is 15.8 Å². The van der Waals surface area contributed by atoms with E-state index in [1.807, 2.05) is 0 Å². The largest absolute Gasteiger partial charge is 0.307 e. The van der Waals surface area contributed by atoms with E-state index in [0.29, 0.717) is 0 Å². The van der Waals surface area contributed by atoms with E-state index in [1.165, 1.54) is 30.5 Å². The Bertz CT molecular complexity index is 673. The van der Waals surface area contributed by atoms with Gasteiger partial charge in [-0.15, -0.1) is 0 Å². The van der Waals surface area contributed by atoms with Crippen LogP contribution in [0.5, 0.6) is 0 Å². The fourth-order valence-corrected chi connectivity index (χ4v) is 2.62. The standard InChI is InChI=1S/C11H11FN4O2S/c12-8-3-5-9(6-4-8)16-19(17,18)10-2-1-7-14-11(10)15-13/h1-7,16H,13H2,(H,14,15). The van der Waals surface area contributed by atoms with E-state index in [0.717, 1.165) is 12.1 Å². The van der Waals surface area contributed by atoms with Gasteiger partial charge in [0, 0.05) is 11.9 Å². The molecule has 0 spiro atoms. The van der Waals surface area contributed by atoms with Gasteiger partial charge in [-0.05, 0) is 36.4 Å². The number of hydrogen-bond donors (Lipinski definition) is 3. The maximum atomic E-state index is 12.7. The van der Waals surface area contributed by atoms with Crippen LogP contribution in [-0.4, -0.2) is 13.4 Å². The topological polar surface area (TPSA) is 97.1 Å². The molecule has 19 heavy (non-hydrogen) atoms. The number of aromatic nitrogens is 1. The Morgan fingerprint density at radius 3 is 2.47 bits per heavy atom. The summed E-state index contributed by atoms with van der Waals surface area (Å²) >= 11 is 0. The number of halogens is 1. The molecule has 0 amide bonds. The minimum Gasteiger partial charge on any atom is -0.307 e. The van der Waals surface area contributed by atoms with E-state index in [4.69, 9.17) is 5.84 Å². The number of hydrazine groups is 1. The van der Waals surface area contributed by atoms with E-state index in [-0.39, 0.29) is 16.4 Å². The summed E-state index contributed by atoms with van der Waals surface area (Å²) in [6, 6.07) is 7.78. The lowest BCUT2D eigenvalue weighted by molar-refractivity contribution is 0.601. The molecule has 4 N–H and O–H groups in total. The lowest BCUT2D eigenvalue weighted by Gasteiger charge is -2.10. The van der Waals surface area contributed by atoms with Gasteiger partial charge in [0.05, 0.1) is 0 Å². The molecule has 0 aliphatic heterocycles. The van der Waals surface area contributed by atoms with E-state index in [1.54, 1.807) is 0 Å². The van der Waals surface area contributed by atoms with Crippen LogP contribution in [0.2, 0.25) is 0 Å². The second-order valence-electron chi connectivity index (χ2n) is 3.61. The van der Waals surface area contributed by atoms with Crippen LogP contribution >= 0.6 is 0 Å². The summed E-state index contributed by atoms with van der Waals surface area (Å²) in [5.41, 5.74) is 2.45. The Labute approximate surface area is 109 Å². The number of sulfonamides is 1. The molecule has 8 heteroatoms. The first-order valence-corrected chi connectivity index (χ1v) is 6.71. The molecule has 1 heterocycles. The summed E-state index contributed by atoms with van der Waals surface area (Å²) in [7, 11) is -3.85. The molecule has 0 radical (unpaired) electrons. The van der Waals surface area contributed by atoms with Gasteiger partial charge >= 0.3 is 0 Å². The van der Waals surface area contributed by atoms with Gasteiger partial charge in [-0.2, -0.15) is 0 Å². The van der Waals surface area contributed by atoms with Crippen molar-refractivity contribution in [2.75, 3.05) is 10.1 Å². The summed E-state index contributed by atoms with van der Waals surface area (Å²) in [5, 5.41) is 0. The van der Waals surface area contributed by atoms with Crippen molar-refractivity contribution in [2.45, 2.75) is 4.90 Å². The monoisotopic (exact) mass is 282 g/mol. The van der Waals surface area contributed by atoms with E-state index in [9.17, 15) is 12.8 Å². The van der Waals surface area contributed by atoms with Crippen molar-refractivity contribution >= 4 is 21.5 Å². The third-order valence-electron chi connectivity index (χ3n) is 2.29. The van der Waals surface area contributed by atoms with Crippen molar-refractivity contribution < 1.29 is 12.8 Å². The molecule has 1 aromatic heterocycles. The molecule has 0 saturated carbocycles. The summed E-state index contributed by atoms with van der Waals surface area (Å²) in [6.45, 7) is 0. The normalized spacial score (nSPS) is 11.1. The summed E-state index contributed by atoms with van der Waals surface area (Å²) < 4.78 is 39.3. The third kappa shape index (κ3) is 2.98. The highest BCUT2D eigenvalue weighted by Crippen LogP contribution is 2.20. The second kappa shape index (κ2) is 5.21. The zero-order valence-corrected chi connectivity index (χ0v) is 10.5. The highest BCUT2D eigenvalue weighted by atomic mass is 32.2. The average molecular weight is 282 g/mol. The Morgan fingerprint density at radius 2 is 1.84 bits per heavy atom. The van der Waals surface area contributed by atoms with Crippen molar-refractivity contribution in [2.24, 2.45) is 5.84 Å². The average Bonchev–Trinajstić information content (AvgIpc) is 2.41. The Balaban J connectivity index is 2.35. The van der Waals surface area contributed by atoms with Crippen LogP contribution in [-0.2, 0) is 10.0 Å². The zero-order valence-electron chi connectivity index (χ0n) is 9.67. The van der Waals surface area contributed by atoms with Crippen molar-refractivity contribution in [3.05, 3.63) is 48.4 Å². The van der Waals surface area contributed by atoms with Gasteiger partial charge in [0.1, 0.15) is 10.7 Å². The number of anilines is 2. The maximum absolute atomic E-state index is 12.7. The molecule has 0 fully saturated rings. The number of pyridine rings is 1. The number of benzene rings is 1. The summed E-state index contributed by atoms with van der Waals surface area (Å²) in [5.74, 6) is 4.78. The number of nitrogens with zero attached hydrogens (tertiary/aromatic N) is 1. The van der Waals surface area contributed by atoms with Crippen LogP contribution in [0.4, 0.5) is 15.9 Å². The Hall–Kier alpha value is -2.19. The van der Waals surface area contributed by atoms with Crippen LogP contribution in [0.25, 0.3) is 0 Å². The highest BCUT2D eigenvalue weighted by Gasteiger charge is 2.18. The van der Waals surface area contributed by atoms with Crippen LogP contribution < -0.4 is 16.0 Å². The Morgan fingerprint density at radius 1 is 1.16 bits per heavy atom. The number of rotatable bonds is 4. The predicted molar refractivity (Wildman–Crippen MR) is 69.3 cm³/mol. The number of nitrogens with two attached hydrogens (primary N) is 1. The van der Waals surface area contributed by atoms with Crippen molar-refractivity contribution in [1.29, 1.82) is 0 Å². The summed E-state index contributed by atoms with van der Waals surface area (Å²) in [4.78, 5) is 3.71. The predicted octanol–water partition coefficient (Wildman–Crippen LogP) is 1.31. The molecule has 100 valence electrons. The van der Waals surface area contributed by atoms with Gasteiger partial charge in [-0.3, -0.25) is 4.72 Å². The minimum absolute atomic E-state index is 0.0251. The maximum Gasteiger partial charge on any atom is 0.265 e. The molecule has 2 rings (SSSR count). The van der Waals surface area contributed by atoms with E-state index in [2.05, 4.69) is 15.1 Å². The molecular weight excluding hydrogens is 271 g/mol. The third-order valence-corrected chi connectivity index (χ3v) is 3.71. The van der Waals surface area contributed by atoms with Gasteiger partial charge in [-0.25, -0.2) is 23.6 Å². The second-order valence-corrected chi connectivity index (χ2v) is 5.26. The lowest BCUT2D eigenvalue weighted by Crippen LogP contribution is -2.18. The first-order valence-electron chi connectivity index (χ1n) is 5.23. The quantitative estimate of drug-likeness (QED) is 0.580. The molecule has 2 aromatic rings. The fraction of sp³-hybridized carbons (Fsp3) is 0. The van der Waals surface area contributed by atoms with Gasteiger partial charge in [0.15, 0.2) is 5.82 Å². The molecule has 0 aliphatic rings. The minimum atomic E-state index is -3.85. The highest BCUT2D eigenvalue weighted by molar-refractivity contribution is 7.92. The summed E-state index contributed by atoms with van der Waals surface area (Å²) in [6.07, 6.45) is 1.41. The molecule has 0 unspecified atom stereocenters. The molecule has 0 bridgehead atoms. The molecule has 1 aromatic carbocycles. The van der Waals surface area contributed by atoms with Crippen LogP contribution in [0.3, 0.4) is 0 Å². The fourth-order valence-electron chi connectivity index (χ4n) is 1.44. The van der Waals surface area contributed by atoms with Gasteiger partial charge in [0.2, 0.25) is 0 Å². The SMILES string of the molecule is NNc1ncccc1S(=O)(=O)Nc1ccc(F)cc1. The van der Waals surface area contributed by atoms with Crippen molar-refractivity contribution in [3.63, 3.8) is 0 Å².